The molecule has 0 aromatic heterocycles. The molecule has 4 rings (SSSR count). The molecular weight excluding hydrogens is 612 g/mol. The molecule has 3 aliphatic rings. The molecule has 7 heteroatoms. The number of piperidine rings is 2. The molecule has 5 nitrogen and oxygen atoms in total. The molecule has 0 spiro atoms. The van der Waals surface area contributed by atoms with Gasteiger partial charge in [0.1, 0.15) is 0 Å². The first kappa shape index (κ1) is 42.7. The van der Waals surface area contributed by atoms with Gasteiger partial charge in [-0.1, -0.05) is 104 Å². The third-order valence-corrected chi connectivity index (χ3v) is 9.83. The first-order chi connectivity index (χ1) is 23.2. The summed E-state index contributed by atoms with van der Waals surface area (Å²) in [6.45, 7) is 35.3. The fourth-order valence-electron chi connectivity index (χ4n) is 7.12. The first-order valence-corrected chi connectivity index (χ1v) is 19.0. The van der Waals surface area contributed by atoms with E-state index in [4.69, 9.17) is 0 Å². The number of allylic oxidation sites excluding steroid dienone is 1. The van der Waals surface area contributed by atoms with Crippen molar-refractivity contribution in [1.29, 1.82) is 0 Å². The van der Waals surface area contributed by atoms with E-state index in [-0.39, 0.29) is 12.6 Å². The van der Waals surface area contributed by atoms with E-state index in [9.17, 15) is 8.78 Å². The lowest BCUT2D eigenvalue weighted by Gasteiger charge is -2.39. The van der Waals surface area contributed by atoms with E-state index in [0.29, 0.717) is 12.8 Å². The van der Waals surface area contributed by atoms with E-state index in [1.54, 1.807) is 0 Å². The average molecular weight is 684 g/mol. The number of aryl methyl sites for hydroxylation is 1. The van der Waals surface area contributed by atoms with Crippen molar-refractivity contribution >= 4 is 11.8 Å². The Morgan fingerprint density at radius 3 is 2.12 bits per heavy atom. The lowest BCUT2D eigenvalue weighted by Crippen LogP contribution is -2.51. The van der Waals surface area contributed by atoms with Gasteiger partial charge in [-0.05, 0) is 75.9 Å². The van der Waals surface area contributed by atoms with E-state index >= 15 is 0 Å². The van der Waals surface area contributed by atoms with Gasteiger partial charge in [-0.2, -0.15) is 0 Å². The molecule has 278 valence electrons. The normalized spacial score (nSPS) is 19.4. The van der Waals surface area contributed by atoms with E-state index in [1.807, 2.05) is 11.0 Å². The van der Waals surface area contributed by atoms with Crippen LogP contribution in [0.3, 0.4) is 0 Å². The lowest BCUT2D eigenvalue weighted by molar-refractivity contribution is -0.100. The predicted octanol–water partition coefficient (Wildman–Crippen LogP) is 9.44. The van der Waals surface area contributed by atoms with Gasteiger partial charge in [0.2, 0.25) is 0 Å². The summed E-state index contributed by atoms with van der Waals surface area (Å²) in [4.78, 5) is 6.56. The molecule has 3 saturated heterocycles. The van der Waals surface area contributed by atoms with Crippen LogP contribution in [0.5, 0.6) is 0 Å². The molecule has 1 aromatic rings. The molecule has 0 amide bonds. The van der Waals surface area contributed by atoms with Gasteiger partial charge in [0.15, 0.2) is 0 Å². The monoisotopic (exact) mass is 684 g/mol. The minimum atomic E-state index is -2.53. The van der Waals surface area contributed by atoms with E-state index in [2.05, 4.69) is 114 Å². The molecule has 49 heavy (non-hydrogen) atoms. The summed E-state index contributed by atoms with van der Waals surface area (Å²) >= 11 is 0. The van der Waals surface area contributed by atoms with Crippen LogP contribution in [0.1, 0.15) is 103 Å². The van der Waals surface area contributed by atoms with Crippen LogP contribution < -0.4 is 10.6 Å². The summed E-state index contributed by atoms with van der Waals surface area (Å²) in [7, 11) is 2.07. The van der Waals surface area contributed by atoms with Crippen molar-refractivity contribution in [2.24, 2.45) is 17.8 Å². The SMILES string of the molecule is C=Cc1cc(C)ccc1C(=C)N(C)C1CCC(=C)NC1=C.CC(C)C.CCCC(CCC)CN1CCC(C(F)(F)CN2CCNCC2)CC1. The third-order valence-electron chi connectivity index (χ3n) is 9.83. The molecule has 0 saturated carbocycles. The number of rotatable bonds is 13. The number of piperazine rings is 1. The van der Waals surface area contributed by atoms with Crippen LogP contribution in [0.15, 0.2) is 55.9 Å². The average Bonchev–Trinajstić information content (AvgIpc) is 3.05. The van der Waals surface area contributed by atoms with Crippen molar-refractivity contribution in [1.82, 2.24) is 25.3 Å². The smallest absolute Gasteiger partial charge is 0.263 e. The molecule has 0 radical (unpaired) electrons. The van der Waals surface area contributed by atoms with Crippen molar-refractivity contribution < 1.29 is 8.78 Å². The summed E-state index contributed by atoms with van der Waals surface area (Å²) in [5, 5.41) is 6.49. The van der Waals surface area contributed by atoms with Crippen molar-refractivity contribution in [3.63, 3.8) is 0 Å². The number of alkyl halides is 2. The van der Waals surface area contributed by atoms with Crippen LogP contribution in [-0.4, -0.2) is 86.1 Å². The van der Waals surface area contributed by atoms with Gasteiger partial charge in [0.25, 0.3) is 5.92 Å². The zero-order valence-electron chi connectivity index (χ0n) is 32.4. The highest BCUT2D eigenvalue weighted by Gasteiger charge is 2.42. The molecule has 3 aliphatic heterocycles. The quantitative estimate of drug-likeness (QED) is 0.217. The van der Waals surface area contributed by atoms with Gasteiger partial charge < -0.3 is 20.4 Å². The maximum atomic E-state index is 14.6. The van der Waals surface area contributed by atoms with E-state index in [1.165, 1.54) is 31.2 Å². The Labute approximate surface area is 300 Å². The number of halogens is 2. The number of likely N-dealkylation sites (tertiary alicyclic amines) is 1. The second kappa shape index (κ2) is 21.7. The van der Waals surface area contributed by atoms with Gasteiger partial charge in [-0.3, -0.25) is 4.90 Å². The minimum Gasteiger partial charge on any atom is -0.366 e. The summed E-state index contributed by atoms with van der Waals surface area (Å²) in [5.41, 5.74) is 6.48. The van der Waals surface area contributed by atoms with E-state index in [0.717, 1.165) is 98.7 Å². The summed E-state index contributed by atoms with van der Waals surface area (Å²) in [5.74, 6) is -1.38. The van der Waals surface area contributed by atoms with Gasteiger partial charge in [0, 0.05) is 68.3 Å². The predicted molar refractivity (Wildman–Crippen MR) is 210 cm³/mol. The Morgan fingerprint density at radius 1 is 1.00 bits per heavy atom. The topological polar surface area (TPSA) is 33.8 Å². The summed E-state index contributed by atoms with van der Waals surface area (Å²) in [6, 6.07) is 6.60. The Bertz CT molecular complexity index is 1150. The first-order valence-electron chi connectivity index (χ1n) is 19.0. The number of nitrogens with zero attached hydrogens (tertiary/aromatic N) is 3. The Kier molecular flexibility index (Phi) is 18.9. The van der Waals surface area contributed by atoms with Gasteiger partial charge in [0.05, 0.1) is 12.6 Å². The molecule has 3 heterocycles. The number of nitrogens with one attached hydrogen (secondary N) is 2. The van der Waals surface area contributed by atoms with Gasteiger partial charge >= 0.3 is 0 Å². The minimum absolute atomic E-state index is 0.0480. The Hall–Kier alpha value is -2.48. The third kappa shape index (κ3) is 14.7. The lowest BCUT2D eigenvalue weighted by atomic mass is 9.88. The molecule has 1 unspecified atom stereocenters. The molecular formula is C42H71F2N5. The fraction of sp³-hybridized carbons (Fsp3) is 0.667. The number of benzene rings is 1. The van der Waals surface area contributed by atoms with E-state index < -0.39 is 11.8 Å². The van der Waals surface area contributed by atoms with Crippen LogP contribution in [-0.2, 0) is 0 Å². The zero-order valence-corrected chi connectivity index (χ0v) is 32.4. The number of hydrogen-bond donors (Lipinski definition) is 2. The van der Waals surface area contributed by atoms with Gasteiger partial charge in [-0.25, -0.2) is 8.78 Å². The second-order valence-corrected chi connectivity index (χ2v) is 15.2. The molecule has 0 aliphatic carbocycles. The molecule has 2 N–H and O–H groups in total. The number of likely N-dealkylation sites (N-methyl/N-ethyl adjacent to an activating group) is 1. The maximum Gasteiger partial charge on any atom is 0.263 e. The highest BCUT2D eigenvalue weighted by molar-refractivity contribution is 5.72. The van der Waals surface area contributed by atoms with Crippen molar-refractivity contribution in [2.45, 2.75) is 105 Å². The summed E-state index contributed by atoms with van der Waals surface area (Å²) < 4.78 is 29.3. The van der Waals surface area contributed by atoms with Crippen molar-refractivity contribution in [2.75, 3.05) is 59.4 Å². The van der Waals surface area contributed by atoms with Crippen LogP contribution in [0.4, 0.5) is 8.78 Å². The fourth-order valence-corrected chi connectivity index (χ4v) is 7.12. The molecule has 1 aromatic carbocycles. The highest BCUT2D eigenvalue weighted by atomic mass is 19.3. The van der Waals surface area contributed by atoms with Crippen LogP contribution in [0, 0.1) is 24.7 Å². The molecule has 3 fully saturated rings. The largest absolute Gasteiger partial charge is 0.366 e. The Morgan fingerprint density at radius 2 is 1.59 bits per heavy atom. The Balaban J connectivity index is 0.000000309. The second-order valence-electron chi connectivity index (χ2n) is 15.2. The zero-order chi connectivity index (χ0) is 36.6. The maximum absolute atomic E-state index is 14.6. The van der Waals surface area contributed by atoms with Gasteiger partial charge in [-0.15, -0.1) is 0 Å². The van der Waals surface area contributed by atoms with Crippen LogP contribution in [0.2, 0.25) is 0 Å². The molecule has 1 atom stereocenters. The van der Waals surface area contributed by atoms with Crippen LogP contribution >= 0.6 is 0 Å². The van der Waals surface area contributed by atoms with Crippen molar-refractivity contribution in [3.8, 4) is 0 Å². The summed E-state index contributed by atoms with van der Waals surface area (Å²) in [6.07, 6.45) is 10.2. The number of hydrogen-bond acceptors (Lipinski definition) is 5. The highest BCUT2D eigenvalue weighted by Crippen LogP contribution is 2.35. The molecule has 0 bridgehead atoms. The standard InChI is InChI=1S/C19H37F2N3.C19H24N2.C4H10/c1-3-5-17(6-4-2)15-23-11-7-18(8-12-23)19(20,21)16-24-13-9-22-10-14-24;1-7-17-12-13(2)8-10-18(17)16(5)21(6)19-11-9-14(3)20-15(19)4;1-4(2)3/h17-18,22H,3-16H2,1-2H3;7-8,10,12,19-20H,1,3-5,9,11H2,2,6H3;4H,1-3H3. The van der Waals surface area contributed by atoms with Crippen LogP contribution in [0.25, 0.3) is 11.8 Å². The van der Waals surface area contributed by atoms with Crippen molar-refractivity contribution in [3.05, 3.63) is 72.6 Å².